The summed E-state index contributed by atoms with van der Waals surface area (Å²) in [5.74, 6) is 0.498. The van der Waals surface area contributed by atoms with Crippen LogP contribution in [-0.4, -0.2) is 27.6 Å². The number of hydrogen-bond acceptors (Lipinski definition) is 4. The summed E-state index contributed by atoms with van der Waals surface area (Å²) in [5, 5.41) is 14.5. The van der Waals surface area contributed by atoms with E-state index in [4.69, 9.17) is 17.0 Å². The van der Waals surface area contributed by atoms with Crippen molar-refractivity contribution in [2.75, 3.05) is 6.61 Å². The fourth-order valence-corrected chi connectivity index (χ4v) is 2.49. The minimum Gasteiger partial charge on any atom is -0.504 e. The highest BCUT2D eigenvalue weighted by atomic mass is 32.1. The van der Waals surface area contributed by atoms with Gasteiger partial charge in [0.25, 0.3) is 0 Å². The van der Waals surface area contributed by atoms with Crippen LogP contribution >= 0.6 is 12.2 Å². The number of rotatable bonds is 5. The second-order valence-electron chi connectivity index (χ2n) is 5.06. The fraction of sp³-hybridized carbons (Fsp3) is 0.111. The third kappa shape index (κ3) is 3.38. The molecule has 0 unspecified atom stereocenters. The Kier molecular flexibility index (Phi) is 4.77. The average Bonchev–Trinajstić information content (AvgIpc) is 2.98. The van der Waals surface area contributed by atoms with E-state index in [1.54, 1.807) is 29.1 Å². The predicted octanol–water partition coefficient (Wildman–Crippen LogP) is 4.20. The molecule has 24 heavy (non-hydrogen) atoms. The van der Waals surface area contributed by atoms with Gasteiger partial charge in [-0.3, -0.25) is 0 Å². The summed E-state index contributed by atoms with van der Waals surface area (Å²) < 4.78 is 7.41. The second kappa shape index (κ2) is 7.14. The Morgan fingerprint density at radius 1 is 1.21 bits per heavy atom. The van der Waals surface area contributed by atoms with Crippen LogP contribution in [0.15, 0.2) is 59.8 Å². The first-order valence-electron chi connectivity index (χ1n) is 7.55. The zero-order valence-corrected chi connectivity index (χ0v) is 14.0. The zero-order valence-electron chi connectivity index (χ0n) is 13.1. The molecule has 0 spiro atoms. The van der Waals surface area contributed by atoms with Gasteiger partial charge in [-0.25, -0.2) is 4.68 Å². The normalized spacial score (nSPS) is 11.0. The molecule has 5 nitrogen and oxygen atoms in total. The van der Waals surface area contributed by atoms with Gasteiger partial charge in [0.2, 0.25) is 0 Å². The first-order chi connectivity index (χ1) is 11.7. The lowest BCUT2D eigenvalue weighted by atomic mass is 10.2. The molecule has 0 atom stereocenters. The molecule has 0 amide bonds. The smallest absolute Gasteiger partial charge is 0.198 e. The van der Waals surface area contributed by atoms with Crippen molar-refractivity contribution in [2.24, 2.45) is 5.10 Å². The van der Waals surface area contributed by atoms with Gasteiger partial charge in [-0.2, -0.15) is 5.10 Å². The maximum atomic E-state index is 10.2. The molecule has 0 saturated heterocycles. The van der Waals surface area contributed by atoms with Crippen LogP contribution in [0.5, 0.6) is 11.5 Å². The van der Waals surface area contributed by atoms with Gasteiger partial charge < -0.3 is 14.8 Å². The highest BCUT2D eigenvalue weighted by Crippen LogP contribution is 2.28. The van der Waals surface area contributed by atoms with E-state index in [-0.39, 0.29) is 5.75 Å². The van der Waals surface area contributed by atoms with Crippen molar-refractivity contribution in [3.8, 4) is 22.8 Å². The van der Waals surface area contributed by atoms with E-state index in [1.807, 2.05) is 43.5 Å². The largest absolute Gasteiger partial charge is 0.504 e. The standard InChI is InChI=1S/C18H17N3O2S/c1-2-23-16-10-6-9-14(17(16)22)11-19-21-12-15(20-18(21)24)13-7-4-3-5-8-13/h3-12,22H,2H2,1H3,(H,20,24). The summed E-state index contributed by atoms with van der Waals surface area (Å²) in [7, 11) is 0. The molecule has 0 aliphatic rings. The van der Waals surface area contributed by atoms with E-state index in [1.165, 1.54) is 0 Å². The number of H-pyrrole nitrogens is 1. The number of hydrogen-bond donors (Lipinski definition) is 2. The van der Waals surface area contributed by atoms with Gasteiger partial charge in [0.05, 0.1) is 24.7 Å². The second-order valence-corrected chi connectivity index (χ2v) is 5.44. The van der Waals surface area contributed by atoms with Gasteiger partial charge in [-0.1, -0.05) is 36.4 Å². The first-order valence-corrected chi connectivity index (χ1v) is 7.96. The number of aromatic nitrogens is 2. The molecule has 0 radical (unpaired) electrons. The predicted molar refractivity (Wildman–Crippen MR) is 97.3 cm³/mol. The Hall–Kier alpha value is -2.86. The van der Waals surface area contributed by atoms with Crippen LogP contribution in [0.4, 0.5) is 0 Å². The van der Waals surface area contributed by atoms with Crippen molar-refractivity contribution in [2.45, 2.75) is 6.92 Å². The number of benzene rings is 2. The Morgan fingerprint density at radius 3 is 2.75 bits per heavy atom. The number of phenolic OH excluding ortho intramolecular Hbond substituents is 1. The van der Waals surface area contributed by atoms with Crippen LogP contribution < -0.4 is 4.74 Å². The number of ether oxygens (including phenoxy) is 1. The number of aromatic hydroxyl groups is 1. The van der Waals surface area contributed by atoms with E-state index < -0.39 is 0 Å². The Morgan fingerprint density at radius 2 is 2.00 bits per heavy atom. The number of aromatic amines is 1. The van der Waals surface area contributed by atoms with Gasteiger partial charge in [-0.15, -0.1) is 0 Å². The minimum atomic E-state index is 0.0634. The van der Waals surface area contributed by atoms with E-state index in [0.29, 0.717) is 22.7 Å². The molecule has 2 aromatic carbocycles. The summed E-state index contributed by atoms with van der Waals surface area (Å²) in [6.45, 7) is 2.35. The lowest BCUT2D eigenvalue weighted by Crippen LogP contribution is -1.94. The Balaban J connectivity index is 1.89. The molecule has 122 valence electrons. The van der Waals surface area contributed by atoms with Crippen LogP contribution in [0, 0.1) is 4.77 Å². The highest BCUT2D eigenvalue weighted by molar-refractivity contribution is 7.71. The molecule has 3 rings (SSSR count). The number of imidazole rings is 1. The Labute approximate surface area is 144 Å². The van der Waals surface area contributed by atoms with E-state index >= 15 is 0 Å². The van der Waals surface area contributed by atoms with Crippen molar-refractivity contribution in [1.29, 1.82) is 0 Å². The minimum absolute atomic E-state index is 0.0634. The lowest BCUT2D eigenvalue weighted by molar-refractivity contribution is 0.318. The van der Waals surface area contributed by atoms with Crippen molar-refractivity contribution in [3.63, 3.8) is 0 Å². The highest BCUT2D eigenvalue weighted by Gasteiger charge is 2.06. The zero-order chi connectivity index (χ0) is 16.9. The van der Waals surface area contributed by atoms with Crippen LogP contribution in [0.1, 0.15) is 12.5 Å². The third-order valence-corrected chi connectivity index (χ3v) is 3.73. The number of para-hydroxylation sites is 1. The molecule has 6 heteroatoms. The SMILES string of the molecule is CCOc1cccc(C=Nn2cc(-c3ccccc3)[nH]c2=S)c1O. The lowest BCUT2D eigenvalue weighted by Gasteiger charge is -2.06. The Bertz CT molecular complexity index is 914. The van der Waals surface area contributed by atoms with Crippen LogP contribution in [0.3, 0.4) is 0 Å². The van der Waals surface area contributed by atoms with Crippen molar-refractivity contribution in [1.82, 2.24) is 9.66 Å². The molecule has 2 N–H and O–H groups in total. The molecular formula is C18H17N3O2S. The topological polar surface area (TPSA) is 62.5 Å². The van der Waals surface area contributed by atoms with E-state index in [9.17, 15) is 5.11 Å². The maximum Gasteiger partial charge on any atom is 0.198 e. The van der Waals surface area contributed by atoms with Crippen LogP contribution in [0.25, 0.3) is 11.3 Å². The van der Waals surface area contributed by atoms with Gasteiger partial charge in [0.15, 0.2) is 16.3 Å². The summed E-state index contributed by atoms with van der Waals surface area (Å²) in [5.41, 5.74) is 2.47. The summed E-state index contributed by atoms with van der Waals surface area (Å²) in [6, 6.07) is 15.1. The van der Waals surface area contributed by atoms with Crippen molar-refractivity contribution in [3.05, 3.63) is 65.1 Å². The molecule has 0 saturated carbocycles. The number of nitrogens with one attached hydrogen (secondary N) is 1. The number of nitrogens with zero attached hydrogens (tertiary/aromatic N) is 2. The summed E-state index contributed by atoms with van der Waals surface area (Å²) in [6.07, 6.45) is 3.37. The molecule has 1 heterocycles. The van der Waals surface area contributed by atoms with Crippen LogP contribution in [0.2, 0.25) is 0 Å². The van der Waals surface area contributed by atoms with Crippen LogP contribution in [-0.2, 0) is 0 Å². The molecule has 0 bridgehead atoms. The van der Waals surface area contributed by atoms with E-state index in [0.717, 1.165) is 11.3 Å². The van der Waals surface area contributed by atoms with Crippen molar-refractivity contribution < 1.29 is 9.84 Å². The third-order valence-electron chi connectivity index (χ3n) is 3.44. The monoisotopic (exact) mass is 339 g/mol. The molecular weight excluding hydrogens is 322 g/mol. The van der Waals surface area contributed by atoms with Gasteiger partial charge in [0, 0.05) is 5.56 Å². The van der Waals surface area contributed by atoms with Gasteiger partial charge in [0.1, 0.15) is 0 Å². The van der Waals surface area contributed by atoms with Gasteiger partial charge >= 0.3 is 0 Å². The number of phenols is 1. The molecule has 0 fully saturated rings. The average molecular weight is 339 g/mol. The van der Waals surface area contributed by atoms with Crippen molar-refractivity contribution >= 4 is 18.4 Å². The molecule has 3 aromatic rings. The molecule has 1 aromatic heterocycles. The first kappa shape index (κ1) is 16.0. The fourth-order valence-electron chi connectivity index (χ4n) is 2.28. The summed E-state index contributed by atoms with van der Waals surface area (Å²) >= 11 is 5.29. The van der Waals surface area contributed by atoms with E-state index in [2.05, 4.69) is 10.1 Å². The molecule has 0 aliphatic heterocycles. The maximum absolute atomic E-state index is 10.2. The molecule has 0 aliphatic carbocycles. The van der Waals surface area contributed by atoms with Gasteiger partial charge in [-0.05, 0) is 36.8 Å². The summed E-state index contributed by atoms with van der Waals surface area (Å²) in [4.78, 5) is 3.12. The quantitative estimate of drug-likeness (QED) is 0.541.